The fourth-order valence-electron chi connectivity index (χ4n) is 3.04. The van der Waals surface area contributed by atoms with Gasteiger partial charge in [0.1, 0.15) is 11.9 Å². The minimum Gasteiger partial charge on any atom is -0.344 e. The second-order valence-electron chi connectivity index (χ2n) is 5.74. The van der Waals surface area contributed by atoms with E-state index in [4.69, 9.17) is 0 Å². The van der Waals surface area contributed by atoms with E-state index in [2.05, 4.69) is 9.97 Å². The molecule has 1 saturated heterocycles. The van der Waals surface area contributed by atoms with Crippen molar-refractivity contribution in [2.24, 2.45) is 0 Å². The summed E-state index contributed by atoms with van der Waals surface area (Å²) in [6.45, 7) is 0.792. The van der Waals surface area contributed by atoms with Crippen LogP contribution in [0.4, 0.5) is 0 Å². The number of hydrogen-bond donors (Lipinski definition) is 0. The summed E-state index contributed by atoms with van der Waals surface area (Å²) in [6.07, 6.45) is 9.89. The Bertz CT molecular complexity index is 819. The monoisotopic (exact) mass is 307 g/mol. The fourth-order valence-corrected chi connectivity index (χ4v) is 3.04. The molecule has 1 aliphatic rings. The van der Waals surface area contributed by atoms with E-state index in [1.807, 2.05) is 52.8 Å². The molecule has 116 valence electrons. The van der Waals surface area contributed by atoms with Gasteiger partial charge in [-0.3, -0.25) is 4.79 Å². The number of benzene rings is 1. The first kappa shape index (κ1) is 13.8. The van der Waals surface area contributed by atoms with Gasteiger partial charge in [-0.1, -0.05) is 0 Å². The third-order valence-electron chi connectivity index (χ3n) is 4.33. The lowest BCUT2D eigenvalue weighted by molar-refractivity contribution is -0.129. The van der Waals surface area contributed by atoms with Crippen molar-refractivity contribution in [1.82, 2.24) is 24.0 Å². The number of nitrogens with zero attached hydrogens (tertiary/aromatic N) is 5. The zero-order valence-electron chi connectivity index (χ0n) is 12.8. The number of likely N-dealkylation sites (N-methyl/N-ethyl adjacent to an activating group) is 1. The van der Waals surface area contributed by atoms with Crippen molar-refractivity contribution < 1.29 is 4.79 Å². The summed E-state index contributed by atoms with van der Waals surface area (Å²) in [6, 6.07) is 7.96. The van der Waals surface area contributed by atoms with Crippen molar-refractivity contribution >= 4 is 5.91 Å². The van der Waals surface area contributed by atoms with Gasteiger partial charge < -0.3 is 14.0 Å². The minimum absolute atomic E-state index is 0.147. The molecule has 0 aliphatic carbocycles. The standard InChI is InChI=1S/C17H17N5O/c1-20-9-6-15(17(20)23)22-11-8-19-16(22)13-2-4-14(5-3-13)21-10-7-18-12-21/h2-5,7-8,10-12,15H,6,9H2,1H3. The maximum atomic E-state index is 12.3. The maximum absolute atomic E-state index is 12.3. The Morgan fingerprint density at radius 2 is 1.96 bits per heavy atom. The molecule has 4 rings (SSSR count). The van der Waals surface area contributed by atoms with Crippen molar-refractivity contribution in [1.29, 1.82) is 0 Å². The van der Waals surface area contributed by atoms with Crippen molar-refractivity contribution in [2.75, 3.05) is 13.6 Å². The number of aromatic nitrogens is 4. The van der Waals surface area contributed by atoms with Gasteiger partial charge in [0.25, 0.3) is 0 Å². The van der Waals surface area contributed by atoms with E-state index in [0.717, 1.165) is 30.0 Å². The number of amides is 1. The summed E-state index contributed by atoms with van der Waals surface area (Å²) in [5.41, 5.74) is 2.04. The van der Waals surface area contributed by atoms with Crippen LogP contribution < -0.4 is 0 Å². The fraction of sp³-hybridized carbons (Fsp3) is 0.235. The van der Waals surface area contributed by atoms with Crippen LogP contribution >= 0.6 is 0 Å². The number of imidazole rings is 2. The van der Waals surface area contributed by atoms with E-state index in [-0.39, 0.29) is 11.9 Å². The molecule has 1 aromatic carbocycles. The quantitative estimate of drug-likeness (QED) is 0.745. The predicted octanol–water partition coefficient (Wildman–Crippen LogP) is 2.14. The van der Waals surface area contributed by atoms with Crippen LogP contribution in [-0.4, -0.2) is 43.5 Å². The van der Waals surface area contributed by atoms with E-state index in [1.54, 1.807) is 23.6 Å². The molecule has 0 radical (unpaired) electrons. The van der Waals surface area contributed by atoms with E-state index >= 15 is 0 Å². The lowest BCUT2D eigenvalue weighted by Gasteiger charge is -2.15. The van der Waals surface area contributed by atoms with E-state index in [1.165, 1.54) is 0 Å². The molecule has 1 aliphatic heterocycles. The first-order valence-corrected chi connectivity index (χ1v) is 7.60. The highest BCUT2D eigenvalue weighted by molar-refractivity contribution is 5.83. The summed E-state index contributed by atoms with van der Waals surface area (Å²) < 4.78 is 3.93. The van der Waals surface area contributed by atoms with Crippen LogP contribution in [0.3, 0.4) is 0 Å². The van der Waals surface area contributed by atoms with Crippen molar-refractivity contribution in [2.45, 2.75) is 12.5 Å². The van der Waals surface area contributed by atoms with Gasteiger partial charge in [-0.05, 0) is 30.7 Å². The van der Waals surface area contributed by atoms with Gasteiger partial charge in [0, 0.05) is 49.6 Å². The molecule has 1 fully saturated rings. The minimum atomic E-state index is -0.147. The van der Waals surface area contributed by atoms with Gasteiger partial charge in [-0.15, -0.1) is 0 Å². The summed E-state index contributed by atoms with van der Waals surface area (Å²) in [4.78, 5) is 22.6. The Hall–Kier alpha value is -2.89. The molecule has 1 atom stereocenters. The first-order chi connectivity index (χ1) is 11.2. The lowest BCUT2D eigenvalue weighted by Crippen LogP contribution is -2.24. The molecule has 0 bridgehead atoms. The van der Waals surface area contributed by atoms with E-state index < -0.39 is 0 Å². The molecular formula is C17H17N5O. The van der Waals surface area contributed by atoms with Gasteiger partial charge in [-0.2, -0.15) is 0 Å². The number of rotatable bonds is 3. The average molecular weight is 307 g/mol. The predicted molar refractivity (Wildman–Crippen MR) is 86.1 cm³/mol. The maximum Gasteiger partial charge on any atom is 0.245 e. The zero-order chi connectivity index (χ0) is 15.8. The molecule has 6 heteroatoms. The van der Waals surface area contributed by atoms with Crippen molar-refractivity contribution in [3.8, 4) is 17.1 Å². The molecule has 2 aromatic heterocycles. The van der Waals surface area contributed by atoms with Crippen LogP contribution in [0.1, 0.15) is 12.5 Å². The van der Waals surface area contributed by atoms with Gasteiger partial charge >= 0.3 is 0 Å². The van der Waals surface area contributed by atoms with Crippen LogP contribution in [0.5, 0.6) is 0 Å². The van der Waals surface area contributed by atoms with Crippen LogP contribution in [0.2, 0.25) is 0 Å². The molecule has 0 N–H and O–H groups in total. The largest absolute Gasteiger partial charge is 0.344 e. The molecule has 0 saturated carbocycles. The molecule has 1 amide bonds. The molecular weight excluding hydrogens is 290 g/mol. The van der Waals surface area contributed by atoms with Crippen molar-refractivity contribution in [3.05, 3.63) is 55.4 Å². The Labute approximate surface area is 134 Å². The number of carbonyl (C=O) groups is 1. The van der Waals surface area contributed by atoms with E-state index in [0.29, 0.717) is 0 Å². The summed E-state index contributed by atoms with van der Waals surface area (Å²) in [5, 5.41) is 0. The summed E-state index contributed by atoms with van der Waals surface area (Å²) >= 11 is 0. The third kappa shape index (κ3) is 2.32. The number of hydrogen-bond acceptors (Lipinski definition) is 3. The van der Waals surface area contributed by atoms with Crippen LogP contribution in [0, 0.1) is 0 Å². The normalized spacial score (nSPS) is 17.9. The van der Waals surface area contributed by atoms with Gasteiger partial charge in [0.15, 0.2) is 0 Å². The molecule has 3 aromatic rings. The second kappa shape index (κ2) is 5.39. The molecule has 23 heavy (non-hydrogen) atoms. The summed E-state index contributed by atoms with van der Waals surface area (Å²) in [7, 11) is 1.85. The SMILES string of the molecule is CN1CCC(n2ccnc2-c2ccc(-n3ccnc3)cc2)C1=O. The smallest absolute Gasteiger partial charge is 0.245 e. The van der Waals surface area contributed by atoms with Crippen LogP contribution in [0.25, 0.3) is 17.1 Å². The number of likely N-dealkylation sites (tertiary alicyclic amines) is 1. The van der Waals surface area contributed by atoms with Gasteiger partial charge in [0.2, 0.25) is 5.91 Å². The Kier molecular flexibility index (Phi) is 3.22. The highest BCUT2D eigenvalue weighted by Crippen LogP contribution is 2.28. The van der Waals surface area contributed by atoms with Crippen LogP contribution in [-0.2, 0) is 4.79 Å². The molecule has 0 spiro atoms. The molecule has 1 unspecified atom stereocenters. The second-order valence-corrected chi connectivity index (χ2v) is 5.74. The molecule has 3 heterocycles. The topological polar surface area (TPSA) is 56.0 Å². The summed E-state index contributed by atoms with van der Waals surface area (Å²) in [5.74, 6) is 0.982. The third-order valence-corrected chi connectivity index (χ3v) is 4.33. The van der Waals surface area contributed by atoms with Gasteiger partial charge in [0.05, 0.1) is 6.33 Å². The Balaban J connectivity index is 1.67. The van der Waals surface area contributed by atoms with Crippen molar-refractivity contribution in [3.63, 3.8) is 0 Å². The first-order valence-electron chi connectivity index (χ1n) is 7.60. The zero-order valence-corrected chi connectivity index (χ0v) is 12.8. The number of carbonyl (C=O) groups excluding carboxylic acids is 1. The Morgan fingerprint density at radius 3 is 2.61 bits per heavy atom. The Morgan fingerprint density at radius 1 is 1.13 bits per heavy atom. The lowest BCUT2D eigenvalue weighted by atomic mass is 10.1. The highest BCUT2D eigenvalue weighted by Gasteiger charge is 2.31. The average Bonchev–Trinajstić information content (AvgIpc) is 3.30. The van der Waals surface area contributed by atoms with Crippen LogP contribution in [0.15, 0.2) is 55.4 Å². The van der Waals surface area contributed by atoms with Gasteiger partial charge in [-0.25, -0.2) is 9.97 Å². The molecule has 6 nitrogen and oxygen atoms in total. The van der Waals surface area contributed by atoms with E-state index in [9.17, 15) is 4.79 Å². The highest BCUT2D eigenvalue weighted by atomic mass is 16.2.